The second kappa shape index (κ2) is 17.9. The third-order valence-corrected chi connectivity index (χ3v) is 3.51. The van der Waals surface area contributed by atoms with Crippen molar-refractivity contribution in [1.82, 2.24) is 0 Å². The van der Waals surface area contributed by atoms with Gasteiger partial charge in [0.05, 0.1) is 12.7 Å². The molecule has 0 aromatic heterocycles. The van der Waals surface area contributed by atoms with E-state index >= 15 is 0 Å². The van der Waals surface area contributed by atoms with E-state index in [1.54, 1.807) is 0 Å². The summed E-state index contributed by atoms with van der Waals surface area (Å²) >= 11 is 0. The molecule has 1 rings (SSSR count). The number of rotatable bonds is 12. The molecular weight excluding hydrogens is 383 g/mol. The summed E-state index contributed by atoms with van der Waals surface area (Å²) < 4.78 is 43.0. The van der Waals surface area contributed by atoms with Crippen LogP contribution in [0, 0.1) is 0 Å². The summed E-state index contributed by atoms with van der Waals surface area (Å²) in [4.78, 5) is 0. The molecular formula is C18H33NaO7S. The fourth-order valence-corrected chi connectivity index (χ4v) is 2.34. The van der Waals surface area contributed by atoms with Crippen molar-refractivity contribution < 1.29 is 32.1 Å². The number of hydrogen-bond acceptors (Lipinski definition) is 5. The van der Waals surface area contributed by atoms with Gasteiger partial charge in [0.1, 0.15) is 5.75 Å². The van der Waals surface area contributed by atoms with E-state index in [1.165, 1.54) is 32.1 Å². The minimum absolute atomic E-state index is 0. The second-order valence-electron chi connectivity index (χ2n) is 5.94. The first kappa shape index (κ1) is 29.0. The van der Waals surface area contributed by atoms with Gasteiger partial charge in [-0.25, -0.2) is 0 Å². The van der Waals surface area contributed by atoms with E-state index < -0.39 is 10.4 Å². The number of benzene rings is 1. The third-order valence-electron chi connectivity index (χ3n) is 3.51. The van der Waals surface area contributed by atoms with Crippen LogP contribution in [-0.2, 0) is 15.1 Å². The van der Waals surface area contributed by atoms with Crippen LogP contribution in [0.4, 0.5) is 0 Å². The number of unbranched alkanes of at least 4 members (excludes halogenated alkanes) is 5. The SMILES string of the molecule is CCCCCCCCC(CO)OC(C)Oc1ccccc1.O=S(=O)(O)O.[NaH]. The molecule has 1 aromatic rings. The van der Waals surface area contributed by atoms with Crippen molar-refractivity contribution in [3.05, 3.63) is 30.3 Å². The van der Waals surface area contributed by atoms with Gasteiger partial charge in [-0.05, 0) is 25.5 Å². The molecule has 0 spiro atoms. The van der Waals surface area contributed by atoms with Gasteiger partial charge in [-0.3, -0.25) is 9.11 Å². The normalized spacial score (nSPS) is 12.9. The minimum atomic E-state index is -4.67. The van der Waals surface area contributed by atoms with E-state index in [-0.39, 0.29) is 48.6 Å². The maximum atomic E-state index is 9.40. The number of hydrogen-bond donors (Lipinski definition) is 3. The van der Waals surface area contributed by atoms with Crippen molar-refractivity contribution >= 4 is 40.0 Å². The Morgan fingerprint density at radius 1 is 1.00 bits per heavy atom. The van der Waals surface area contributed by atoms with Crippen LogP contribution >= 0.6 is 0 Å². The topological polar surface area (TPSA) is 113 Å². The summed E-state index contributed by atoms with van der Waals surface area (Å²) in [5, 5.41) is 9.40. The van der Waals surface area contributed by atoms with Crippen LogP contribution in [0.1, 0.15) is 58.8 Å². The van der Waals surface area contributed by atoms with E-state index in [4.69, 9.17) is 27.0 Å². The van der Waals surface area contributed by atoms with E-state index in [1.807, 2.05) is 37.3 Å². The molecule has 0 bridgehead atoms. The molecule has 0 heterocycles. The van der Waals surface area contributed by atoms with Gasteiger partial charge in [0.15, 0.2) is 6.29 Å². The molecule has 1 aromatic carbocycles. The summed E-state index contributed by atoms with van der Waals surface area (Å²) in [6, 6.07) is 9.63. The molecule has 0 aliphatic heterocycles. The first-order valence-corrected chi connectivity index (χ1v) is 10.3. The van der Waals surface area contributed by atoms with Gasteiger partial charge >= 0.3 is 40.0 Å². The van der Waals surface area contributed by atoms with Gasteiger partial charge in [0, 0.05) is 0 Å². The molecule has 0 amide bonds. The van der Waals surface area contributed by atoms with Gasteiger partial charge in [0.25, 0.3) is 0 Å². The quantitative estimate of drug-likeness (QED) is 0.207. The summed E-state index contributed by atoms with van der Waals surface area (Å²) in [5.41, 5.74) is 0. The first-order chi connectivity index (χ1) is 12.3. The maximum absolute atomic E-state index is 9.40. The summed E-state index contributed by atoms with van der Waals surface area (Å²) in [6.45, 7) is 4.15. The average Bonchev–Trinajstić information content (AvgIpc) is 2.56. The summed E-state index contributed by atoms with van der Waals surface area (Å²) in [5.74, 6) is 0.793. The predicted octanol–water partition coefficient (Wildman–Crippen LogP) is 3.24. The van der Waals surface area contributed by atoms with Crippen LogP contribution in [-0.4, -0.2) is 71.2 Å². The number of aliphatic hydroxyl groups is 1. The monoisotopic (exact) mass is 416 g/mol. The van der Waals surface area contributed by atoms with Crippen molar-refractivity contribution in [3.8, 4) is 5.75 Å². The van der Waals surface area contributed by atoms with E-state index in [0.717, 1.165) is 18.6 Å². The second-order valence-corrected chi connectivity index (χ2v) is 6.84. The number of para-hydroxylation sites is 1. The van der Waals surface area contributed by atoms with Crippen molar-refractivity contribution in [3.63, 3.8) is 0 Å². The van der Waals surface area contributed by atoms with Crippen LogP contribution in [0.2, 0.25) is 0 Å². The molecule has 3 N–H and O–H groups in total. The summed E-state index contributed by atoms with van der Waals surface area (Å²) in [7, 11) is -4.67. The van der Waals surface area contributed by atoms with Crippen molar-refractivity contribution in [1.29, 1.82) is 0 Å². The van der Waals surface area contributed by atoms with Gasteiger partial charge in [0.2, 0.25) is 0 Å². The molecule has 9 heteroatoms. The average molecular weight is 417 g/mol. The molecule has 0 radical (unpaired) electrons. The zero-order chi connectivity index (χ0) is 19.8. The zero-order valence-corrected chi connectivity index (χ0v) is 16.4. The van der Waals surface area contributed by atoms with E-state index in [2.05, 4.69) is 6.92 Å². The van der Waals surface area contributed by atoms with Gasteiger partial charge in [-0.2, -0.15) is 8.42 Å². The zero-order valence-electron chi connectivity index (χ0n) is 15.6. The third kappa shape index (κ3) is 22.0. The molecule has 2 unspecified atom stereocenters. The number of ether oxygens (including phenoxy) is 2. The number of aliphatic hydroxyl groups excluding tert-OH is 1. The molecule has 0 fully saturated rings. The molecule has 2 atom stereocenters. The Labute approximate surface area is 185 Å². The molecule has 0 saturated heterocycles. The summed E-state index contributed by atoms with van der Waals surface area (Å²) in [6.07, 6.45) is 7.93. The molecule has 154 valence electrons. The Balaban J connectivity index is 0. The van der Waals surface area contributed by atoms with Crippen molar-refractivity contribution in [2.45, 2.75) is 71.2 Å². The molecule has 7 nitrogen and oxygen atoms in total. The Hall–Kier alpha value is -0.190. The van der Waals surface area contributed by atoms with Crippen LogP contribution in [0.25, 0.3) is 0 Å². The van der Waals surface area contributed by atoms with Crippen LogP contribution in [0.3, 0.4) is 0 Å². The molecule has 0 aliphatic carbocycles. The standard InChI is InChI=1S/C18H30O3.Na.H2O4S.H/c1-3-4-5-6-7-9-14-18(15-19)21-16(2)20-17-12-10-8-11-13-17;;1-5(2,3)4;/h8,10-13,16,18-19H,3-7,9,14-15H2,1-2H3;;(H2,1,2,3,4);. The van der Waals surface area contributed by atoms with E-state index in [9.17, 15) is 5.11 Å². The van der Waals surface area contributed by atoms with Crippen molar-refractivity contribution in [2.24, 2.45) is 0 Å². The van der Waals surface area contributed by atoms with Crippen LogP contribution in [0.15, 0.2) is 30.3 Å². The molecule has 0 saturated carbocycles. The Kier molecular flexibility index (Phi) is 19.2. The van der Waals surface area contributed by atoms with Crippen LogP contribution < -0.4 is 4.74 Å². The molecule has 0 aliphatic rings. The molecule has 27 heavy (non-hydrogen) atoms. The Bertz CT molecular complexity index is 532. The fraction of sp³-hybridized carbons (Fsp3) is 0.667. The van der Waals surface area contributed by atoms with Crippen molar-refractivity contribution in [2.75, 3.05) is 6.61 Å². The van der Waals surface area contributed by atoms with Crippen LogP contribution in [0.5, 0.6) is 5.75 Å². The van der Waals surface area contributed by atoms with Gasteiger partial charge in [-0.1, -0.05) is 63.6 Å². The van der Waals surface area contributed by atoms with Gasteiger partial charge < -0.3 is 14.6 Å². The van der Waals surface area contributed by atoms with Gasteiger partial charge in [-0.15, -0.1) is 0 Å². The fourth-order valence-electron chi connectivity index (χ4n) is 2.34. The Morgan fingerprint density at radius 3 is 2.04 bits per heavy atom. The van der Waals surface area contributed by atoms with E-state index in [0.29, 0.717) is 0 Å². The Morgan fingerprint density at radius 2 is 1.52 bits per heavy atom. The predicted molar refractivity (Wildman–Crippen MR) is 108 cm³/mol. The first-order valence-electron chi connectivity index (χ1n) is 8.94.